The van der Waals surface area contributed by atoms with Crippen molar-refractivity contribution in [1.29, 1.82) is 0 Å². The number of pyridine rings is 1. The molecule has 0 aliphatic rings. The first-order valence-corrected chi connectivity index (χ1v) is 9.88. The van der Waals surface area contributed by atoms with Crippen LogP contribution in [0.15, 0.2) is 49.1 Å². The zero-order chi connectivity index (χ0) is 22.2. The summed E-state index contributed by atoms with van der Waals surface area (Å²) in [6.45, 7) is 2.83. The number of nitrogens with zero attached hydrogens (tertiary/aromatic N) is 3. The Morgan fingerprint density at radius 2 is 2.00 bits per heavy atom. The zero-order valence-electron chi connectivity index (χ0n) is 17.1. The van der Waals surface area contributed by atoms with Crippen LogP contribution in [-0.4, -0.2) is 32.9 Å². The number of imidazole rings is 1. The van der Waals surface area contributed by atoms with Gasteiger partial charge in [0.2, 0.25) is 5.91 Å². The number of hydrogen-bond donors (Lipinski definition) is 2. The fraction of sp³-hybridized carbons (Fsp3) is 0.273. The van der Waals surface area contributed by atoms with Crippen LogP contribution < -0.4 is 10.6 Å². The number of rotatable bonds is 9. The molecule has 0 aliphatic carbocycles. The number of benzene rings is 1. The minimum atomic E-state index is -0.992. The fourth-order valence-electron chi connectivity index (χ4n) is 3.02. The van der Waals surface area contributed by atoms with Crippen molar-refractivity contribution in [1.82, 2.24) is 19.9 Å². The topological polar surface area (TPSA) is 88.9 Å². The van der Waals surface area contributed by atoms with Gasteiger partial charge in [-0.15, -0.1) is 0 Å². The van der Waals surface area contributed by atoms with Crippen LogP contribution in [0.5, 0.6) is 0 Å². The molecule has 0 spiro atoms. The average molecular weight is 427 g/mol. The number of halogens is 2. The lowest BCUT2D eigenvalue weighted by molar-refractivity contribution is -0.116. The van der Waals surface area contributed by atoms with Crippen LogP contribution in [0.25, 0.3) is 0 Å². The molecule has 2 aromatic heterocycles. The van der Waals surface area contributed by atoms with Crippen LogP contribution in [0.1, 0.15) is 34.6 Å². The Kier molecular flexibility index (Phi) is 7.42. The second-order valence-corrected chi connectivity index (χ2v) is 7.00. The Bertz CT molecular complexity index is 1050. The van der Waals surface area contributed by atoms with Gasteiger partial charge in [-0.2, -0.15) is 0 Å². The van der Waals surface area contributed by atoms with Crippen LogP contribution in [0.3, 0.4) is 0 Å². The minimum absolute atomic E-state index is 0.0949. The summed E-state index contributed by atoms with van der Waals surface area (Å²) in [5, 5.41) is 5.02. The lowest BCUT2D eigenvalue weighted by Gasteiger charge is -2.11. The van der Waals surface area contributed by atoms with Crippen molar-refractivity contribution in [3.8, 4) is 0 Å². The van der Waals surface area contributed by atoms with Crippen molar-refractivity contribution in [3.63, 3.8) is 0 Å². The number of anilines is 1. The fourth-order valence-corrected chi connectivity index (χ4v) is 3.02. The Morgan fingerprint density at radius 1 is 1.16 bits per heavy atom. The Labute approximate surface area is 178 Å². The predicted octanol–water partition coefficient (Wildman–Crippen LogP) is 3.26. The van der Waals surface area contributed by atoms with Gasteiger partial charge in [0.25, 0.3) is 5.91 Å². The third-order valence-corrected chi connectivity index (χ3v) is 4.72. The number of amides is 2. The second-order valence-electron chi connectivity index (χ2n) is 7.00. The number of carbonyl (C=O) groups is 2. The minimum Gasteiger partial charge on any atom is -0.352 e. The summed E-state index contributed by atoms with van der Waals surface area (Å²) in [6.07, 6.45) is 7.92. The Balaban J connectivity index is 1.55. The summed E-state index contributed by atoms with van der Waals surface area (Å²) in [6, 6.07) is 5.20. The molecule has 162 valence electrons. The first-order valence-electron chi connectivity index (χ1n) is 9.88. The molecule has 3 rings (SSSR count). The van der Waals surface area contributed by atoms with Gasteiger partial charge < -0.3 is 15.2 Å². The van der Waals surface area contributed by atoms with Crippen LogP contribution in [0.4, 0.5) is 14.5 Å². The molecule has 0 saturated carbocycles. The maximum atomic E-state index is 14.1. The van der Waals surface area contributed by atoms with E-state index in [0.29, 0.717) is 32.0 Å². The van der Waals surface area contributed by atoms with E-state index in [4.69, 9.17) is 0 Å². The molecule has 3 aromatic rings. The third-order valence-electron chi connectivity index (χ3n) is 4.72. The molecule has 2 heterocycles. The highest BCUT2D eigenvalue weighted by atomic mass is 19.1. The zero-order valence-corrected chi connectivity index (χ0v) is 17.1. The Hall–Kier alpha value is -3.62. The van der Waals surface area contributed by atoms with Crippen molar-refractivity contribution in [3.05, 3.63) is 77.6 Å². The summed E-state index contributed by atoms with van der Waals surface area (Å²) in [5.74, 6) is -2.20. The average Bonchev–Trinajstić information content (AvgIpc) is 3.17. The molecule has 0 radical (unpaired) electrons. The SMILES string of the molecule is Cc1nccn1CCCNC(=O)c1cc(NC(=O)CCc2cccnc2)c(F)cc1F. The molecule has 0 atom stereocenters. The number of carbonyl (C=O) groups excluding carboxylic acids is 2. The molecule has 31 heavy (non-hydrogen) atoms. The molecule has 0 unspecified atom stereocenters. The first kappa shape index (κ1) is 22.1. The van der Waals surface area contributed by atoms with Gasteiger partial charge >= 0.3 is 0 Å². The molecular formula is C22H23F2N5O2. The molecule has 0 bridgehead atoms. The monoisotopic (exact) mass is 427 g/mol. The number of aromatic nitrogens is 3. The highest BCUT2D eigenvalue weighted by Crippen LogP contribution is 2.20. The molecule has 0 aliphatic heterocycles. The van der Waals surface area contributed by atoms with Gasteiger partial charge in [0.15, 0.2) is 0 Å². The number of hydrogen-bond acceptors (Lipinski definition) is 4. The quantitative estimate of drug-likeness (QED) is 0.513. The van der Waals surface area contributed by atoms with E-state index in [2.05, 4.69) is 20.6 Å². The van der Waals surface area contributed by atoms with Gasteiger partial charge in [-0.05, 0) is 37.5 Å². The van der Waals surface area contributed by atoms with Crippen molar-refractivity contribution in [2.75, 3.05) is 11.9 Å². The summed E-state index contributed by atoms with van der Waals surface area (Å²) < 4.78 is 30.2. The second kappa shape index (κ2) is 10.4. The summed E-state index contributed by atoms with van der Waals surface area (Å²) in [5.41, 5.74) is 0.294. The molecule has 2 N–H and O–H groups in total. The highest BCUT2D eigenvalue weighted by molar-refractivity contribution is 5.97. The van der Waals surface area contributed by atoms with Crippen LogP contribution >= 0.6 is 0 Å². The first-order chi connectivity index (χ1) is 14.9. The van der Waals surface area contributed by atoms with Crippen LogP contribution in [-0.2, 0) is 17.8 Å². The normalized spacial score (nSPS) is 10.7. The highest BCUT2D eigenvalue weighted by Gasteiger charge is 2.17. The van der Waals surface area contributed by atoms with E-state index in [9.17, 15) is 18.4 Å². The summed E-state index contributed by atoms with van der Waals surface area (Å²) in [7, 11) is 0. The Morgan fingerprint density at radius 3 is 2.71 bits per heavy atom. The lowest BCUT2D eigenvalue weighted by Crippen LogP contribution is -2.26. The molecule has 7 nitrogen and oxygen atoms in total. The largest absolute Gasteiger partial charge is 0.352 e. The third kappa shape index (κ3) is 6.18. The maximum Gasteiger partial charge on any atom is 0.254 e. The van der Waals surface area contributed by atoms with Gasteiger partial charge in [0.1, 0.15) is 17.5 Å². The predicted molar refractivity (Wildman–Crippen MR) is 111 cm³/mol. The maximum absolute atomic E-state index is 14.1. The smallest absolute Gasteiger partial charge is 0.254 e. The molecule has 0 saturated heterocycles. The van der Waals surface area contributed by atoms with E-state index in [-0.39, 0.29) is 17.7 Å². The van der Waals surface area contributed by atoms with E-state index in [1.54, 1.807) is 24.7 Å². The van der Waals surface area contributed by atoms with Gasteiger partial charge in [-0.1, -0.05) is 6.07 Å². The van der Waals surface area contributed by atoms with Crippen molar-refractivity contribution < 1.29 is 18.4 Å². The van der Waals surface area contributed by atoms with Crippen molar-refractivity contribution in [2.24, 2.45) is 0 Å². The number of aryl methyl sites for hydroxylation is 3. The van der Waals surface area contributed by atoms with E-state index in [1.807, 2.05) is 23.8 Å². The molecule has 1 aromatic carbocycles. The van der Waals surface area contributed by atoms with Gasteiger partial charge in [0, 0.05) is 50.4 Å². The summed E-state index contributed by atoms with van der Waals surface area (Å²) in [4.78, 5) is 32.6. The molecule has 0 fully saturated rings. The summed E-state index contributed by atoms with van der Waals surface area (Å²) >= 11 is 0. The molecular weight excluding hydrogens is 404 g/mol. The van der Waals surface area contributed by atoms with E-state index in [0.717, 1.165) is 17.5 Å². The van der Waals surface area contributed by atoms with Crippen LogP contribution in [0, 0.1) is 18.6 Å². The standard InChI is InChI=1S/C22H23F2N5O2/c1-15-26-9-11-29(15)10-3-8-27-22(31)17-12-20(19(24)13-18(17)23)28-21(30)6-5-16-4-2-7-25-14-16/h2,4,7,9,11-14H,3,5-6,8,10H2,1H3,(H,27,31)(H,28,30). The number of nitrogens with one attached hydrogen (secondary N) is 2. The van der Waals surface area contributed by atoms with Crippen molar-refractivity contribution in [2.45, 2.75) is 32.7 Å². The molecule has 2 amide bonds. The van der Waals surface area contributed by atoms with E-state index in [1.165, 1.54) is 0 Å². The van der Waals surface area contributed by atoms with E-state index >= 15 is 0 Å². The van der Waals surface area contributed by atoms with E-state index < -0.39 is 23.4 Å². The van der Waals surface area contributed by atoms with Gasteiger partial charge in [-0.3, -0.25) is 14.6 Å². The lowest BCUT2D eigenvalue weighted by atomic mass is 10.1. The molecule has 9 heteroatoms. The van der Waals surface area contributed by atoms with Crippen LogP contribution in [0.2, 0.25) is 0 Å². The van der Waals surface area contributed by atoms with Gasteiger partial charge in [0.05, 0.1) is 11.3 Å². The van der Waals surface area contributed by atoms with Crippen molar-refractivity contribution >= 4 is 17.5 Å². The van der Waals surface area contributed by atoms with Gasteiger partial charge in [-0.25, -0.2) is 13.8 Å².